The molecule has 2 aromatic carbocycles. The maximum Gasteiger partial charge on any atom is 0.194 e. The molecule has 104 valence electrons. The van der Waals surface area contributed by atoms with Gasteiger partial charge in [-0.25, -0.2) is 0 Å². The molecule has 3 rings (SSSR count). The standard InChI is InChI=1S/C18H20O2/c1-13-9-11-18(20,12-10-13)17(19)16-8-4-6-14-5-2-3-7-15(14)16/h2-8,13,20H,9-12H2,1H3. The van der Waals surface area contributed by atoms with Gasteiger partial charge in [0, 0.05) is 5.56 Å². The lowest BCUT2D eigenvalue weighted by Gasteiger charge is -2.33. The number of rotatable bonds is 2. The van der Waals surface area contributed by atoms with Crippen LogP contribution in [0.4, 0.5) is 0 Å². The molecule has 0 unspecified atom stereocenters. The van der Waals surface area contributed by atoms with Gasteiger partial charge in [0.05, 0.1) is 0 Å². The Labute approximate surface area is 119 Å². The summed E-state index contributed by atoms with van der Waals surface area (Å²) in [5.41, 5.74) is -0.517. The third kappa shape index (κ3) is 2.25. The molecular formula is C18H20O2. The Bertz CT molecular complexity index is 631. The summed E-state index contributed by atoms with van der Waals surface area (Å²) in [6, 6.07) is 13.6. The average molecular weight is 268 g/mol. The smallest absolute Gasteiger partial charge is 0.194 e. The van der Waals surface area contributed by atoms with Crippen LogP contribution in [-0.4, -0.2) is 16.5 Å². The summed E-state index contributed by atoms with van der Waals surface area (Å²) < 4.78 is 0. The maximum atomic E-state index is 12.8. The zero-order valence-electron chi connectivity index (χ0n) is 11.8. The van der Waals surface area contributed by atoms with E-state index in [4.69, 9.17) is 0 Å². The Balaban J connectivity index is 2.01. The van der Waals surface area contributed by atoms with Gasteiger partial charge in [0.15, 0.2) is 5.78 Å². The second-order valence-corrected chi connectivity index (χ2v) is 6.07. The Morgan fingerprint density at radius 1 is 1.10 bits per heavy atom. The zero-order chi connectivity index (χ0) is 14.2. The van der Waals surface area contributed by atoms with Crippen molar-refractivity contribution in [1.82, 2.24) is 0 Å². The molecule has 0 aliphatic heterocycles. The van der Waals surface area contributed by atoms with Gasteiger partial charge in [-0.3, -0.25) is 4.79 Å². The van der Waals surface area contributed by atoms with Crippen LogP contribution in [-0.2, 0) is 0 Å². The first-order chi connectivity index (χ1) is 9.60. The van der Waals surface area contributed by atoms with Crippen molar-refractivity contribution in [2.75, 3.05) is 0 Å². The van der Waals surface area contributed by atoms with E-state index in [9.17, 15) is 9.90 Å². The SMILES string of the molecule is CC1CCC(O)(C(=O)c2cccc3ccccc23)CC1. The molecule has 1 aliphatic carbocycles. The quantitative estimate of drug-likeness (QED) is 0.837. The highest BCUT2D eigenvalue weighted by atomic mass is 16.3. The summed E-state index contributed by atoms with van der Waals surface area (Å²) in [5.74, 6) is 0.497. The van der Waals surface area contributed by atoms with Crippen LogP contribution in [0.2, 0.25) is 0 Å². The minimum Gasteiger partial charge on any atom is -0.382 e. The highest BCUT2D eigenvalue weighted by molar-refractivity contribution is 6.11. The minimum absolute atomic E-state index is 0.110. The van der Waals surface area contributed by atoms with Crippen molar-refractivity contribution in [3.05, 3.63) is 48.0 Å². The van der Waals surface area contributed by atoms with E-state index in [-0.39, 0.29) is 5.78 Å². The van der Waals surface area contributed by atoms with Crippen molar-refractivity contribution < 1.29 is 9.90 Å². The van der Waals surface area contributed by atoms with Crippen LogP contribution in [0.15, 0.2) is 42.5 Å². The van der Waals surface area contributed by atoms with Crippen LogP contribution in [0.3, 0.4) is 0 Å². The van der Waals surface area contributed by atoms with Crippen molar-refractivity contribution in [3.63, 3.8) is 0 Å². The lowest BCUT2D eigenvalue weighted by Crippen LogP contribution is -2.42. The van der Waals surface area contributed by atoms with Crippen molar-refractivity contribution >= 4 is 16.6 Å². The van der Waals surface area contributed by atoms with Gasteiger partial charge < -0.3 is 5.11 Å². The summed E-state index contributed by atoms with van der Waals surface area (Å²) in [6.07, 6.45) is 3.01. The number of Topliss-reactive ketones (excluding diaryl/α,β-unsaturated/α-hetero) is 1. The number of hydrogen-bond donors (Lipinski definition) is 1. The number of fused-ring (bicyclic) bond motifs is 1. The second-order valence-electron chi connectivity index (χ2n) is 6.07. The number of aliphatic hydroxyl groups is 1. The lowest BCUT2D eigenvalue weighted by molar-refractivity contribution is 0.00441. The molecule has 0 amide bonds. The summed E-state index contributed by atoms with van der Waals surface area (Å²) in [7, 11) is 0. The van der Waals surface area contributed by atoms with Gasteiger partial charge in [0.2, 0.25) is 0 Å². The molecule has 0 saturated heterocycles. The Morgan fingerprint density at radius 3 is 2.50 bits per heavy atom. The molecule has 20 heavy (non-hydrogen) atoms. The van der Waals surface area contributed by atoms with Gasteiger partial charge >= 0.3 is 0 Å². The van der Waals surface area contributed by atoms with Gasteiger partial charge in [-0.05, 0) is 42.4 Å². The Hall–Kier alpha value is -1.67. The van der Waals surface area contributed by atoms with Crippen LogP contribution in [0.25, 0.3) is 10.8 Å². The predicted octanol–water partition coefficient (Wildman–Crippen LogP) is 3.96. The first kappa shape index (κ1) is 13.3. The summed E-state index contributed by atoms with van der Waals surface area (Å²) in [5, 5.41) is 12.7. The van der Waals surface area contributed by atoms with E-state index in [2.05, 4.69) is 6.92 Å². The van der Waals surface area contributed by atoms with Crippen molar-refractivity contribution in [1.29, 1.82) is 0 Å². The third-order valence-electron chi connectivity index (χ3n) is 4.56. The normalized spacial score (nSPS) is 26.6. The van der Waals surface area contributed by atoms with Gasteiger partial charge in [-0.1, -0.05) is 49.4 Å². The van der Waals surface area contributed by atoms with Crippen molar-refractivity contribution in [3.8, 4) is 0 Å². The molecular weight excluding hydrogens is 248 g/mol. The molecule has 0 bridgehead atoms. The van der Waals surface area contributed by atoms with Crippen LogP contribution in [0.1, 0.15) is 43.0 Å². The van der Waals surface area contributed by atoms with Crippen molar-refractivity contribution in [2.24, 2.45) is 5.92 Å². The second kappa shape index (κ2) is 5.02. The van der Waals surface area contributed by atoms with Gasteiger partial charge in [-0.2, -0.15) is 0 Å². The van der Waals surface area contributed by atoms with Crippen LogP contribution in [0.5, 0.6) is 0 Å². The predicted molar refractivity (Wildman–Crippen MR) is 80.9 cm³/mol. The molecule has 2 heteroatoms. The molecule has 2 nitrogen and oxygen atoms in total. The molecule has 0 heterocycles. The molecule has 0 radical (unpaired) electrons. The Kier molecular flexibility index (Phi) is 3.35. The summed E-state index contributed by atoms with van der Waals surface area (Å²) >= 11 is 0. The van der Waals surface area contributed by atoms with Crippen LogP contribution in [0, 0.1) is 5.92 Å². The van der Waals surface area contributed by atoms with E-state index < -0.39 is 5.60 Å². The number of benzene rings is 2. The minimum atomic E-state index is -1.17. The van der Waals surface area contributed by atoms with Gasteiger partial charge in [0.25, 0.3) is 0 Å². The Morgan fingerprint density at radius 2 is 1.75 bits per heavy atom. The van der Waals surface area contributed by atoms with E-state index in [1.807, 2.05) is 42.5 Å². The lowest BCUT2D eigenvalue weighted by atomic mass is 9.75. The largest absolute Gasteiger partial charge is 0.382 e. The van der Waals surface area contributed by atoms with E-state index in [0.29, 0.717) is 24.3 Å². The molecule has 0 atom stereocenters. The molecule has 1 N–H and O–H groups in total. The maximum absolute atomic E-state index is 12.8. The van der Waals surface area contributed by atoms with Gasteiger partial charge in [-0.15, -0.1) is 0 Å². The third-order valence-corrected chi connectivity index (χ3v) is 4.56. The van der Waals surface area contributed by atoms with E-state index in [1.165, 1.54) is 0 Å². The number of ketones is 1. The molecule has 1 saturated carbocycles. The first-order valence-corrected chi connectivity index (χ1v) is 7.35. The van der Waals surface area contributed by atoms with Crippen LogP contribution < -0.4 is 0 Å². The fourth-order valence-electron chi connectivity index (χ4n) is 3.14. The molecule has 2 aromatic rings. The number of hydrogen-bond acceptors (Lipinski definition) is 2. The average Bonchev–Trinajstić information content (AvgIpc) is 2.49. The van der Waals surface area contributed by atoms with E-state index in [1.54, 1.807) is 0 Å². The van der Waals surface area contributed by atoms with E-state index >= 15 is 0 Å². The molecule has 1 aliphatic rings. The van der Waals surface area contributed by atoms with Crippen LogP contribution >= 0.6 is 0 Å². The first-order valence-electron chi connectivity index (χ1n) is 7.35. The highest BCUT2D eigenvalue weighted by Gasteiger charge is 2.39. The number of carbonyl (C=O) groups excluding carboxylic acids is 1. The topological polar surface area (TPSA) is 37.3 Å². The van der Waals surface area contributed by atoms with Gasteiger partial charge in [0.1, 0.15) is 5.60 Å². The fourth-order valence-corrected chi connectivity index (χ4v) is 3.14. The summed E-state index contributed by atoms with van der Waals surface area (Å²) in [4.78, 5) is 12.8. The molecule has 1 fully saturated rings. The highest BCUT2D eigenvalue weighted by Crippen LogP contribution is 2.35. The van der Waals surface area contributed by atoms with E-state index in [0.717, 1.165) is 23.6 Å². The monoisotopic (exact) mass is 268 g/mol. The molecule has 0 spiro atoms. The summed E-state index contributed by atoms with van der Waals surface area (Å²) in [6.45, 7) is 2.18. The molecule has 0 aromatic heterocycles. The van der Waals surface area contributed by atoms with Crippen molar-refractivity contribution in [2.45, 2.75) is 38.2 Å². The number of carbonyl (C=O) groups is 1. The zero-order valence-corrected chi connectivity index (χ0v) is 11.8. The fraction of sp³-hybridized carbons (Fsp3) is 0.389.